The summed E-state index contributed by atoms with van der Waals surface area (Å²) >= 11 is 0. The van der Waals surface area contributed by atoms with Crippen molar-refractivity contribution in [2.24, 2.45) is 0 Å². The fourth-order valence-corrected chi connectivity index (χ4v) is 1.60. The molecule has 0 fully saturated rings. The van der Waals surface area contributed by atoms with Crippen molar-refractivity contribution in [3.8, 4) is 5.75 Å². The molecule has 1 N–H and O–H groups in total. The highest BCUT2D eigenvalue weighted by Gasteiger charge is 2.18. The van der Waals surface area contributed by atoms with Crippen LogP contribution in [0.25, 0.3) is 0 Å². The lowest BCUT2D eigenvalue weighted by Gasteiger charge is -2.26. The average Bonchev–Trinajstić information content (AvgIpc) is 2.27. The van der Waals surface area contributed by atoms with Gasteiger partial charge in [0.25, 0.3) is 0 Å². The van der Waals surface area contributed by atoms with Crippen LogP contribution in [0.4, 0.5) is 4.39 Å². The molecule has 18 heavy (non-hydrogen) atoms. The summed E-state index contributed by atoms with van der Waals surface area (Å²) in [6.45, 7) is 2.10. The highest BCUT2D eigenvalue weighted by Crippen LogP contribution is 2.27. The van der Waals surface area contributed by atoms with Crippen LogP contribution in [0.1, 0.15) is 18.5 Å². The number of benzene rings is 1. The monoisotopic (exact) mass is 254 g/mol. The molecule has 0 bridgehead atoms. The molecule has 0 saturated carbocycles. The Morgan fingerprint density at radius 1 is 1.39 bits per heavy atom. The number of amides is 1. The number of carbonyl (C=O) groups excluding carboxylic acids is 1. The van der Waals surface area contributed by atoms with Crippen LogP contribution >= 0.6 is 0 Å². The molecule has 1 aromatic rings. The Balaban J connectivity index is 2.80. The van der Waals surface area contributed by atoms with Gasteiger partial charge in [-0.15, -0.1) is 0 Å². The standard InChI is InChI=1S/C13H19FN2O2/c1-9(16(4)8-13(18)15(2)3)11-6-5-10(14)7-12(11)17/h5-7,9,17H,8H2,1-4H3. The molecule has 0 aliphatic rings. The molecule has 0 heterocycles. The third kappa shape index (κ3) is 3.43. The number of hydrogen-bond donors (Lipinski definition) is 1. The van der Waals surface area contributed by atoms with Crippen molar-refractivity contribution < 1.29 is 14.3 Å². The van der Waals surface area contributed by atoms with Crippen LogP contribution in [0.5, 0.6) is 5.75 Å². The summed E-state index contributed by atoms with van der Waals surface area (Å²) in [6, 6.07) is 3.74. The molecule has 0 aliphatic carbocycles. The molecule has 0 saturated heterocycles. The maximum atomic E-state index is 12.9. The van der Waals surface area contributed by atoms with E-state index in [1.165, 1.54) is 17.0 Å². The van der Waals surface area contributed by atoms with Crippen LogP contribution in [0.15, 0.2) is 18.2 Å². The van der Waals surface area contributed by atoms with Gasteiger partial charge >= 0.3 is 0 Å². The number of rotatable bonds is 4. The molecule has 1 atom stereocenters. The van der Waals surface area contributed by atoms with Gasteiger partial charge in [0.1, 0.15) is 11.6 Å². The van der Waals surface area contributed by atoms with Gasteiger partial charge in [-0.25, -0.2) is 4.39 Å². The Bertz CT molecular complexity index is 435. The Labute approximate surface area is 107 Å². The molecule has 1 rings (SSSR count). The lowest BCUT2D eigenvalue weighted by atomic mass is 10.1. The molecular formula is C13H19FN2O2. The van der Waals surface area contributed by atoms with Crippen LogP contribution in [0.3, 0.4) is 0 Å². The van der Waals surface area contributed by atoms with Gasteiger partial charge in [0.15, 0.2) is 0 Å². The van der Waals surface area contributed by atoms with E-state index in [0.29, 0.717) is 5.56 Å². The maximum Gasteiger partial charge on any atom is 0.236 e. The lowest BCUT2D eigenvalue weighted by molar-refractivity contribution is -0.130. The minimum absolute atomic E-state index is 0.0223. The van der Waals surface area contributed by atoms with E-state index in [1.54, 1.807) is 26.0 Å². The molecule has 100 valence electrons. The Hall–Kier alpha value is -1.62. The van der Waals surface area contributed by atoms with Crippen molar-refractivity contribution in [3.63, 3.8) is 0 Å². The number of likely N-dealkylation sites (N-methyl/N-ethyl adjacent to an activating group) is 2. The van der Waals surface area contributed by atoms with E-state index in [4.69, 9.17) is 0 Å². The van der Waals surface area contributed by atoms with Crippen molar-refractivity contribution >= 4 is 5.91 Å². The summed E-state index contributed by atoms with van der Waals surface area (Å²) in [4.78, 5) is 14.9. The Morgan fingerprint density at radius 3 is 2.50 bits per heavy atom. The van der Waals surface area contributed by atoms with Crippen LogP contribution in [0.2, 0.25) is 0 Å². The molecule has 1 aromatic carbocycles. The van der Waals surface area contributed by atoms with Crippen LogP contribution < -0.4 is 0 Å². The largest absolute Gasteiger partial charge is 0.508 e. The van der Waals surface area contributed by atoms with Crippen LogP contribution in [-0.4, -0.2) is 48.5 Å². The smallest absolute Gasteiger partial charge is 0.236 e. The first-order valence-corrected chi connectivity index (χ1v) is 5.71. The molecule has 0 spiro atoms. The SMILES string of the molecule is CC(c1ccc(F)cc1O)N(C)CC(=O)N(C)C. The van der Waals surface area contributed by atoms with Crippen molar-refractivity contribution in [2.75, 3.05) is 27.7 Å². The second kappa shape index (κ2) is 5.82. The van der Waals surface area contributed by atoms with Gasteiger partial charge < -0.3 is 10.0 Å². The van der Waals surface area contributed by atoms with Gasteiger partial charge in [-0.1, -0.05) is 6.07 Å². The van der Waals surface area contributed by atoms with E-state index < -0.39 is 5.82 Å². The number of carbonyl (C=O) groups is 1. The lowest BCUT2D eigenvalue weighted by Crippen LogP contribution is -2.35. The first kappa shape index (κ1) is 14.4. The molecule has 5 heteroatoms. The molecule has 0 aliphatic heterocycles. The second-order valence-corrected chi connectivity index (χ2v) is 4.58. The summed E-state index contributed by atoms with van der Waals surface area (Å²) < 4.78 is 12.9. The summed E-state index contributed by atoms with van der Waals surface area (Å²) in [5.41, 5.74) is 0.602. The van der Waals surface area contributed by atoms with Gasteiger partial charge in [0, 0.05) is 31.8 Å². The van der Waals surface area contributed by atoms with E-state index in [2.05, 4.69) is 0 Å². The van der Waals surface area contributed by atoms with Crippen LogP contribution in [0, 0.1) is 5.82 Å². The fourth-order valence-electron chi connectivity index (χ4n) is 1.60. The van der Waals surface area contributed by atoms with Gasteiger partial charge in [0.05, 0.1) is 6.54 Å². The van der Waals surface area contributed by atoms with E-state index in [0.717, 1.165) is 6.07 Å². The number of halogens is 1. The van der Waals surface area contributed by atoms with E-state index in [-0.39, 0.29) is 24.2 Å². The third-order valence-electron chi connectivity index (χ3n) is 2.99. The Morgan fingerprint density at radius 2 is 2.00 bits per heavy atom. The molecule has 0 aromatic heterocycles. The molecule has 1 amide bonds. The van der Waals surface area contributed by atoms with Crippen molar-refractivity contribution in [2.45, 2.75) is 13.0 Å². The predicted octanol–water partition coefficient (Wildman–Crippen LogP) is 1.61. The zero-order chi connectivity index (χ0) is 13.9. The summed E-state index contributed by atoms with van der Waals surface area (Å²) in [5, 5.41) is 9.69. The van der Waals surface area contributed by atoms with Gasteiger partial charge in [-0.05, 0) is 20.0 Å². The van der Waals surface area contributed by atoms with Gasteiger partial charge in [0.2, 0.25) is 5.91 Å². The maximum absolute atomic E-state index is 12.9. The molecule has 0 radical (unpaired) electrons. The first-order valence-electron chi connectivity index (χ1n) is 5.71. The van der Waals surface area contributed by atoms with Gasteiger partial charge in [-0.3, -0.25) is 9.69 Å². The quantitative estimate of drug-likeness (QED) is 0.887. The highest BCUT2D eigenvalue weighted by molar-refractivity contribution is 5.77. The number of phenols is 1. The minimum Gasteiger partial charge on any atom is -0.508 e. The van der Waals surface area contributed by atoms with Gasteiger partial charge in [-0.2, -0.15) is 0 Å². The predicted molar refractivity (Wildman–Crippen MR) is 67.8 cm³/mol. The molecule has 4 nitrogen and oxygen atoms in total. The summed E-state index contributed by atoms with van der Waals surface area (Å²) in [7, 11) is 5.17. The topological polar surface area (TPSA) is 43.8 Å². The molecular weight excluding hydrogens is 235 g/mol. The van der Waals surface area contributed by atoms with E-state index in [9.17, 15) is 14.3 Å². The summed E-state index contributed by atoms with van der Waals surface area (Å²) in [6.07, 6.45) is 0. The highest BCUT2D eigenvalue weighted by atomic mass is 19.1. The first-order chi connectivity index (χ1) is 8.32. The second-order valence-electron chi connectivity index (χ2n) is 4.58. The average molecular weight is 254 g/mol. The number of hydrogen-bond acceptors (Lipinski definition) is 3. The normalized spacial score (nSPS) is 12.6. The van der Waals surface area contributed by atoms with Crippen molar-refractivity contribution in [1.82, 2.24) is 9.80 Å². The fraction of sp³-hybridized carbons (Fsp3) is 0.462. The zero-order valence-electron chi connectivity index (χ0n) is 11.1. The van der Waals surface area contributed by atoms with E-state index >= 15 is 0 Å². The van der Waals surface area contributed by atoms with Crippen molar-refractivity contribution in [3.05, 3.63) is 29.6 Å². The molecule has 1 unspecified atom stereocenters. The Kier molecular flexibility index (Phi) is 4.67. The minimum atomic E-state index is -0.476. The number of aromatic hydroxyl groups is 1. The van der Waals surface area contributed by atoms with E-state index in [1.807, 2.05) is 6.92 Å². The third-order valence-corrected chi connectivity index (χ3v) is 2.99. The zero-order valence-corrected chi connectivity index (χ0v) is 11.1. The number of nitrogens with zero attached hydrogens (tertiary/aromatic N) is 2. The summed E-state index contributed by atoms with van der Waals surface area (Å²) in [5.74, 6) is -0.590. The van der Waals surface area contributed by atoms with Crippen molar-refractivity contribution in [1.29, 1.82) is 0 Å². The van der Waals surface area contributed by atoms with Crippen LogP contribution in [-0.2, 0) is 4.79 Å². The number of phenolic OH excluding ortho intramolecular Hbond substituents is 1.